The zero-order chi connectivity index (χ0) is 11.8. The van der Waals surface area contributed by atoms with Crippen molar-refractivity contribution >= 4 is 11.7 Å². The van der Waals surface area contributed by atoms with Gasteiger partial charge in [-0.1, -0.05) is 5.16 Å². The molecule has 0 aromatic carbocycles. The molecular formula is C11H19N3O2. The molecule has 0 bridgehead atoms. The lowest BCUT2D eigenvalue weighted by molar-refractivity contribution is -0.123. The number of nitrogens with zero attached hydrogens (tertiary/aromatic N) is 1. The summed E-state index contributed by atoms with van der Waals surface area (Å²) in [6.07, 6.45) is 5.09. The quantitative estimate of drug-likeness (QED) is 0.278. The van der Waals surface area contributed by atoms with Crippen LogP contribution in [0.4, 0.5) is 0 Å². The maximum Gasteiger partial charge on any atom is 0.230 e. The van der Waals surface area contributed by atoms with E-state index in [9.17, 15) is 4.79 Å². The molecule has 0 aromatic heterocycles. The molecule has 2 aliphatic rings. The second-order valence-corrected chi connectivity index (χ2v) is 5.10. The first-order chi connectivity index (χ1) is 7.59. The number of carbonyl (C=O) groups excluding carboxylic acids is 1. The normalized spacial score (nSPS) is 24.9. The zero-order valence-electron chi connectivity index (χ0n) is 9.57. The van der Waals surface area contributed by atoms with E-state index in [1.807, 2.05) is 0 Å². The number of rotatable bonds is 5. The first-order valence-electron chi connectivity index (χ1n) is 5.84. The number of hydrogen-bond acceptors (Lipinski definition) is 3. The Morgan fingerprint density at radius 1 is 1.62 bits per heavy atom. The minimum Gasteiger partial charge on any atom is -0.409 e. The topological polar surface area (TPSA) is 87.7 Å². The van der Waals surface area contributed by atoms with Crippen LogP contribution in [0.5, 0.6) is 0 Å². The first kappa shape index (κ1) is 11.2. The summed E-state index contributed by atoms with van der Waals surface area (Å²) < 4.78 is 0. The van der Waals surface area contributed by atoms with Gasteiger partial charge in [0.2, 0.25) is 5.91 Å². The Balaban J connectivity index is 1.79. The molecule has 0 aliphatic heterocycles. The highest BCUT2D eigenvalue weighted by atomic mass is 16.4. The molecule has 1 unspecified atom stereocenters. The zero-order valence-corrected chi connectivity index (χ0v) is 9.57. The Morgan fingerprint density at radius 2 is 2.25 bits per heavy atom. The van der Waals surface area contributed by atoms with Crippen LogP contribution in [0.25, 0.3) is 0 Å². The van der Waals surface area contributed by atoms with E-state index in [2.05, 4.69) is 10.5 Å². The number of nitrogens with two attached hydrogens (primary N) is 1. The third-order valence-corrected chi connectivity index (χ3v) is 3.90. The van der Waals surface area contributed by atoms with E-state index in [1.165, 1.54) is 25.7 Å². The Hall–Kier alpha value is -1.26. The van der Waals surface area contributed by atoms with Gasteiger partial charge in [-0.05, 0) is 43.9 Å². The lowest BCUT2D eigenvalue weighted by Crippen LogP contribution is -2.40. The van der Waals surface area contributed by atoms with Gasteiger partial charge in [-0.25, -0.2) is 0 Å². The van der Waals surface area contributed by atoms with Gasteiger partial charge in [0.1, 0.15) is 0 Å². The van der Waals surface area contributed by atoms with Crippen molar-refractivity contribution in [2.45, 2.75) is 32.6 Å². The highest BCUT2D eigenvalue weighted by Crippen LogP contribution is 2.60. The SMILES string of the molecule is CC(C(=O)NCC1(C2CC2)CC1)C(N)=NO. The minimum absolute atomic E-state index is 0.0335. The summed E-state index contributed by atoms with van der Waals surface area (Å²) in [6, 6.07) is 0. The van der Waals surface area contributed by atoms with Gasteiger partial charge in [0.25, 0.3) is 0 Å². The lowest BCUT2D eigenvalue weighted by Gasteiger charge is -2.17. The van der Waals surface area contributed by atoms with Crippen LogP contribution < -0.4 is 11.1 Å². The number of oxime groups is 1. The summed E-state index contributed by atoms with van der Waals surface area (Å²) in [7, 11) is 0. The molecule has 0 saturated heterocycles. The van der Waals surface area contributed by atoms with Crippen molar-refractivity contribution in [3.63, 3.8) is 0 Å². The van der Waals surface area contributed by atoms with Crippen molar-refractivity contribution in [2.75, 3.05) is 6.54 Å². The molecular weight excluding hydrogens is 206 g/mol. The van der Waals surface area contributed by atoms with Crippen LogP contribution in [0.1, 0.15) is 32.6 Å². The molecule has 2 fully saturated rings. The van der Waals surface area contributed by atoms with Gasteiger partial charge in [0.05, 0.1) is 5.92 Å². The van der Waals surface area contributed by atoms with Gasteiger partial charge in [-0.15, -0.1) is 0 Å². The average molecular weight is 225 g/mol. The molecule has 90 valence electrons. The van der Waals surface area contributed by atoms with Crippen LogP contribution in [-0.4, -0.2) is 23.5 Å². The van der Waals surface area contributed by atoms with Gasteiger partial charge in [0.15, 0.2) is 5.84 Å². The van der Waals surface area contributed by atoms with Crippen molar-refractivity contribution in [1.82, 2.24) is 5.32 Å². The van der Waals surface area contributed by atoms with E-state index in [0.29, 0.717) is 5.41 Å². The van der Waals surface area contributed by atoms with Crippen molar-refractivity contribution in [2.24, 2.45) is 28.1 Å². The van der Waals surface area contributed by atoms with E-state index in [4.69, 9.17) is 10.9 Å². The summed E-state index contributed by atoms with van der Waals surface area (Å²) in [4.78, 5) is 11.7. The summed E-state index contributed by atoms with van der Waals surface area (Å²) in [6.45, 7) is 2.39. The molecule has 0 heterocycles. The van der Waals surface area contributed by atoms with E-state index in [-0.39, 0.29) is 11.7 Å². The van der Waals surface area contributed by atoms with Gasteiger partial charge in [0, 0.05) is 6.54 Å². The molecule has 2 aliphatic carbocycles. The molecule has 2 saturated carbocycles. The molecule has 0 radical (unpaired) electrons. The maximum atomic E-state index is 11.7. The van der Waals surface area contributed by atoms with Crippen molar-refractivity contribution in [3.8, 4) is 0 Å². The second-order valence-electron chi connectivity index (χ2n) is 5.10. The molecule has 1 atom stereocenters. The second kappa shape index (κ2) is 3.96. The van der Waals surface area contributed by atoms with Crippen LogP contribution in [0.3, 0.4) is 0 Å². The average Bonchev–Trinajstić information content (AvgIpc) is 3.15. The summed E-state index contributed by atoms with van der Waals surface area (Å²) in [5.41, 5.74) is 5.77. The van der Waals surface area contributed by atoms with Crippen molar-refractivity contribution in [3.05, 3.63) is 0 Å². The van der Waals surface area contributed by atoms with E-state index in [1.54, 1.807) is 6.92 Å². The third kappa shape index (κ3) is 2.13. The molecule has 1 amide bonds. The predicted octanol–water partition coefficient (Wildman–Crippen LogP) is 0.675. The summed E-state index contributed by atoms with van der Waals surface area (Å²) in [5, 5.41) is 14.2. The smallest absolute Gasteiger partial charge is 0.230 e. The summed E-state index contributed by atoms with van der Waals surface area (Å²) >= 11 is 0. The fourth-order valence-electron chi connectivity index (χ4n) is 2.22. The highest BCUT2D eigenvalue weighted by molar-refractivity contribution is 6.01. The first-order valence-corrected chi connectivity index (χ1v) is 5.84. The molecule has 2 rings (SSSR count). The number of amidine groups is 1. The maximum absolute atomic E-state index is 11.7. The number of hydrogen-bond donors (Lipinski definition) is 3. The van der Waals surface area contributed by atoms with Crippen molar-refractivity contribution in [1.29, 1.82) is 0 Å². The largest absolute Gasteiger partial charge is 0.409 e. The Bertz CT molecular complexity index is 319. The third-order valence-electron chi connectivity index (χ3n) is 3.90. The fourth-order valence-corrected chi connectivity index (χ4v) is 2.22. The van der Waals surface area contributed by atoms with Crippen LogP contribution in [0.15, 0.2) is 5.16 Å². The Kier molecular flexibility index (Phi) is 2.78. The molecule has 16 heavy (non-hydrogen) atoms. The van der Waals surface area contributed by atoms with E-state index in [0.717, 1.165) is 12.5 Å². The van der Waals surface area contributed by atoms with Gasteiger partial charge in [-0.2, -0.15) is 0 Å². The minimum atomic E-state index is -0.556. The molecule has 5 nitrogen and oxygen atoms in total. The van der Waals surface area contributed by atoms with Crippen LogP contribution >= 0.6 is 0 Å². The van der Waals surface area contributed by atoms with Crippen molar-refractivity contribution < 1.29 is 10.0 Å². The standard InChI is InChI=1S/C11H19N3O2/c1-7(9(12)14-16)10(15)13-6-11(4-5-11)8-2-3-8/h7-8,16H,2-6H2,1H3,(H2,12,14)(H,13,15). The fraction of sp³-hybridized carbons (Fsp3) is 0.818. The highest BCUT2D eigenvalue weighted by Gasteiger charge is 2.53. The Morgan fingerprint density at radius 3 is 2.69 bits per heavy atom. The number of amides is 1. The number of carbonyl (C=O) groups is 1. The monoisotopic (exact) mass is 225 g/mol. The van der Waals surface area contributed by atoms with E-state index < -0.39 is 5.92 Å². The Labute approximate surface area is 95.1 Å². The van der Waals surface area contributed by atoms with Crippen LogP contribution in [-0.2, 0) is 4.79 Å². The van der Waals surface area contributed by atoms with Crippen LogP contribution in [0.2, 0.25) is 0 Å². The van der Waals surface area contributed by atoms with Crippen LogP contribution in [0, 0.1) is 17.3 Å². The molecule has 0 aromatic rings. The van der Waals surface area contributed by atoms with Gasteiger partial charge < -0.3 is 16.3 Å². The summed E-state index contributed by atoms with van der Waals surface area (Å²) in [5.74, 6) is 0.0861. The lowest BCUT2D eigenvalue weighted by atomic mass is 10.0. The number of nitrogens with one attached hydrogen (secondary N) is 1. The molecule has 0 spiro atoms. The predicted molar refractivity (Wildman–Crippen MR) is 60.0 cm³/mol. The molecule has 4 N–H and O–H groups in total. The van der Waals surface area contributed by atoms with Gasteiger partial charge >= 0.3 is 0 Å². The molecule has 5 heteroatoms. The van der Waals surface area contributed by atoms with E-state index >= 15 is 0 Å². The van der Waals surface area contributed by atoms with Gasteiger partial charge in [-0.3, -0.25) is 4.79 Å².